The molecule has 0 saturated carbocycles. The molecule has 4 nitrogen and oxygen atoms in total. The van der Waals surface area contributed by atoms with Crippen molar-refractivity contribution in [3.8, 4) is 21.3 Å². The second-order valence-electron chi connectivity index (χ2n) is 4.43. The highest BCUT2D eigenvalue weighted by Gasteiger charge is 2.16. The van der Waals surface area contributed by atoms with E-state index in [-0.39, 0.29) is 0 Å². The Bertz CT molecular complexity index is 783. The maximum absolute atomic E-state index is 5.18. The highest BCUT2D eigenvalue weighted by molar-refractivity contribution is 7.71. The molecule has 2 aromatic heterocycles. The van der Waals surface area contributed by atoms with Crippen molar-refractivity contribution in [3.63, 3.8) is 0 Å². The molecule has 0 bridgehead atoms. The van der Waals surface area contributed by atoms with Crippen LogP contribution in [0.5, 0.6) is 0 Å². The van der Waals surface area contributed by atoms with E-state index in [0.717, 1.165) is 33.4 Å². The van der Waals surface area contributed by atoms with Crippen LogP contribution < -0.4 is 0 Å². The average molecular weight is 302 g/mol. The lowest BCUT2D eigenvalue weighted by Crippen LogP contribution is -1.93. The molecule has 0 fully saturated rings. The molecule has 6 heteroatoms. The van der Waals surface area contributed by atoms with Gasteiger partial charge in [0.25, 0.3) is 0 Å². The van der Waals surface area contributed by atoms with Gasteiger partial charge in [-0.2, -0.15) is 5.10 Å². The van der Waals surface area contributed by atoms with Crippen LogP contribution >= 0.6 is 23.6 Å². The van der Waals surface area contributed by atoms with Gasteiger partial charge in [0.15, 0.2) is 10.6 Å². The lowest BCUT2D eigenvalue weighted by Gasteiger charge is -1.98. The normalized spacial score (nSPS) is 10.9. The number of hydrogen-bond donors (Lipinski definition) is 1. The van der Waals surface area contributed by atoms with Gasteiger partial charge in [-0.15, -0.1) is 11.3 Å². The predicted molar refractivity (Wildman–Crippen MR) is 84.3 cm³/mol. The van der Waals surface area contributed by atoms with E-state index in [0.29, 0.717) is 4.77 Å². The molecule has 102 valence electrons. The number of aromatic nitrogens is 4. The molecule has 3 aromatic rings. The third-order valence-corrected chi connectivity index (χ3v) is 4.64. The monoisotopic (exact) mass is 302 g/mol. The number of nitrogens with zero attached hydrogens (tertiary/aromatic N) is 3. The maximum Gasteiger partial charge on any atom is 0.195 e. The quantitative estimate of drug-likeness (QED) is 0.748. The van der Waals surface area contributed by atoms with Gasteiger partial charge < -0.3 is 4.57 Å². The van der Waals surface area contributed by atoms with Gasteiger partial charge in [0.1, 0.15) is 5.01 Å². The Kier molecular flexibility index (Phi) is 3.50. The number of nitrogens with one attached hydrogen (secondary N) is 1. The van der Waals surface area contributed by atoms with Crippen LogP contribution in [0, 0.1) is 4.77 Å². The summed E-state index contributed by atoms with van der Waals surface area (Å²) in [5, 5.41) is 8.17. The number of rotatable bonds is 3. The minimum atomic E-state index is 0.622. The van der Waals surface area contributed by atoms with E-state index in [4.69, 9.17) is 17.2 Å². The van der Waals surface area contributed by atoms with Gasteiger partial charge in [0, 0.05) is 12.6 Å². The topological polar surface area (TPSA) is 46.5 Å². The first kappa shape index (κ1) is 13.2. The lowest BCUT2D eigenvalue weighted by atomic mass is 10.2. The second-order valence-corrected chi connectivity index (χ2v) is 5.81. The molecule has 0 atom stereocenters. The Labute approximate surface area is 126 Å². The van der Waals surface area contributed by atoms with Crippen molar-refractivity contribution in [2.45, 2.75) is 13.3 Å². The third-order valence-electron chi connectivity index (χ3n) is 3.14. The smallest absolute Gasteiger partial charge is 0.195 e. The number of hydrogen-bond acceptors (Lipinski definition) is 4. The number of thiazole rings is 1. The summed E-state index contributed by atoms with van der Waals surface area (Å²) in [5.41, 5.74) is 2.20. The van der Waals surface area contributed by atoms with Gasteiger partial charge in [-0.25, -0.2) is 4.98 Å². The van der Waals surface area contributed by atoms with Crippen LogP contribution in [0.15, 0.2) is 30.3 Å². The van der Waals surface area contributed by atoms with Crippen molar-refractivity contribution in [2.75, 3.05) is 0 Å². The fraction of sp³-hybridized carbons (Fsp3) is 0.214. The largest absolute Gasteiger partial charge is 0.303 e. The first-order valence-electron chi connectivity index (χ1n) is 6.37. The molecule has 20 heavy (non-hydrogen) atoms. The van der Waals surface area contributed by atoms with Gasteiger partial charge in [0.2, 0.25) is 0 Å². The van der Waals surface area contributed by atoms with E-state index in [1.165, 1.54) is 0 Å². The van der Waals surface area contributed by atoms with Crippen LogP contribution in [0.1, 0.15) is 12.6 Å². The SMILES string of the molecule is CCc1nc(-c2ccccc2)sc1-c1n[nH]c(=S)n1C. The van der Waals surface area contributed by atoms with Crippen LogP contribution in [0.4, 0.5) is 0 Å². The number of benzene rings is 1. The van der Waals surface area contributed by atoms with Crippen molar-refractivity contribution < 1.29 is 0 Å². The molecule has 0 aliphatic carbocycles. The zero-order chi connectivity index (χ0) is 14.1. The predicted octanol–water partition coefficient (Wildman–Crippen LogP) is 3.83. The summed E-state index contributed by atoms with van der Waals surface area (Å²) in [6.07, 6.45) is 0.873. The fourth-order valence-electron chi connectivity index (χ4n) is 2.02. The molecule has 2 heterocycles. The third kappa shape index (κ3) is 2.21. The summed E-state index contributed by atoms with van der Waals surface area (Å²) in [6.45, 7) is 2.11. The number of H-pyrrole nitrogens is 1. The molecular weight excluding hydrogens is 288 g/mol. The summed E-state index contributed by atoms with van der Waals surface area (Å²) in [6, 6.07) is 10.2. The molecule has 0 radical (unpaired) electrons. The van der Waals surface area contributed by atoms with Gasteiger partial charge in [0.05, 0.1) is 10.6 Å². The Morgan fingerprint density at radius 1 is 1.30 bits per heavy atom. The van der Waals surface area contributed by atoms with Crippen molar-refractivity contribution >= 4 is 23.6 Å². The molecular formula is C14H14N4S2. The van der Waals surface area contributed by atoms with Crippen molar-refractivity contribution in [1.29, 1.82) is 0 Å². The molecule has 0 aliphatic heterocycles. The maximum atomic E-state index is 5.18. The Morgan fingerprint density at radius 2 is 2.05 bits per heavy atom. The summed E-state index contributed by atoms with van der Waals surface area (Å²) < 4.78 is 2.51. The Hall–Kier alpha value is -1.79. The van der Waals surface area contributed by atoms with Crippen LogP contribution in [0.2, 0.25) is 0 Å². The Morgan fingerprint density at radius 3 is 2.65 bits per heavy atom. The van der Waals surface area contributed by atoms with E-state index in [1.54, 1.807) is 11.3 Å². The Balaban J connectivity index is 2.15. The second kappa shape index (κ2) is 5.30. The fourth-order valence-corrected chi connectivity index (χ4v) is 3.34. The molecule has 0 spiro atoms. The highest BCUT2D eigenvalue weighted by atomic mass is 32.1. The first-order valence-corrected chi connectivity index (χ1v) is 7.60. The molecule has 0 aliphatic rings. The average Bonchev–Trinajstić information content (AvgIpc) is 3.05. The molecule has 3 rings (SSSR count). The van der Waals surface area contributed by atoms with Crippen molar-refractivity contribution in [1.82, 2.24) is 19.7 Å². The van der Waals surface area contributed by atoms with E-state index in [2.05, 4.69) is 29.3 Å². The zero-order valence-corrected chi connectivity index (χ0v) is 12.9. The van der Waals surface area contributed by atoms with Crippen molar-refractivity contribution in [3.05, 3.63) is 40.8 Å². The van der Waals surface area contributed by atoms with Gasteiger partial charge in [-0.1, -0.05) is 37.3 Å². The minimum Gasteiger partial charge on any atom is -0.303 e. The van der Waals surface area contributed by atoms with E-state index >= 15 is 0 Å². The van der Waals surface area contributed by atoms with Gasteiger partial charge in [-0.05, 0) is 18.6 Å². The van der Waals surface area contributed by atoms with Crippen LogP contribution in [0.3, 0.4) is 0 Å². The summed E-state index contributed by atoms with van der Waals surface area (Å²) >= 11 is 6.84. The summed E-state index contributed by atoms with van der Waals surface area (Å²) in [4.78, 5) is 5.83. The standard InChI is InChI=1S/C14H14N4S2/c1-3-10-11(12-16-17-14(19)18(12)2)20-13(15-10)9-7-5-4-6-8-9/h4-8H,3H2,1-2H3,(H,17,19). The summed E-state index contributed by atoms with van der Waals surface area (Å²) in [5.74, 6) is 0.853. The molecule has 0 amide bonds. The highest BCUT2D eigenvalue weighted by Crippen LogP contribution is 2.34. The number of aromatic amines is 1. The van der Waals surface area contributed by atoms with Crippen LogP contribution in [0.25, 0.3) is 21.3 Å². The lowest BCUT2D eigenvalue weighted by molar-refractivity contribution is 0.900. The van der Waals surface area contributed by atoms with Gasteiger partial charge in [-0.3, -0.25) is 5.10 Å². The van der Waals surface area contributed by atoms with Crippen LogP contribution in [-0.4, -0.2) is 19.7 Å². The summed E-state index contributed by atoms with van der Waals surface area (Å²) in [7, 11) is 1.92. The molecule has 1 N–H and O–H groups in total. The van der Waals surface area contributed by atoms with E-state index < -0.39 is 0 Å². The first-order chi connectivity index (χ1) is 9.70. The van der Waals surface area contributed by atoms with E-state index in [1.807, 2.05) is 29.8 Å². The zero-order valence-electron chi connectivity index (χ0n) is 11.3. The van der Waals surface area contributed by atoms with Gasteiger partial charge >= 0.3 is 0 Å². The van der Waals surface area contributed by atoms with Crippen LogP contribution in [-0.2, 0) is 13.5 Å². The molecule has 1 aromatic carbocycles. The molecule has 0 unspecified atom stereocenters. The number of aryl methyl sites for hydroxylation is 1. The molecule has 0 saturated heterocycles. The van der Waals surface area contributed by atoms with Crippen molar-refractivity contribution in [2.24, 2.45) is 7.05 Å². The minimum absolute atomic E-state index is 0.622. The van der Waals surface area contributed by atoms with E-state index in [9.17, 15) is 0 Å².